The first-order valence-corrected chi connectivity index (χ1v) is 7.27. The predicted octanol–water partition coefficient (Wildman–Crippen LogP) is 2.60. The van der Waals surface area contributed by atoms with Gasteiger partial charge < -0.3 is 15.2 Å². The average molecular weight is 257 g/mol. The van der Waals surface area contributed by atoms with Crippen molar-refractivity contribution in [3.8, 4) is 0 Å². The lowest BCUT2D eigenvalue weighted by molar-refractivity contribution is 0.235. The molecule has 3 heteroatoms. The summed E-state index contributed by atoms with van der Waals surface area (Å²) in [6, 6.07) is 8.55. The van der Waals surface area contributed by atoms with E-state index >= 15 is 0 Å². The third-order valence-electron chi connectivity index (χ3n) is 4.14. The molecule has 1 aliphatic heterocycles. The predicted molar refractivity (Wildman–Crippen MR) is 80.2 cm³/mol. The molecule has 0 saturated carbocycles. The summed E-state index contributed by atoms with van der Waals surface area (Å²) in [6.45, 7) is 4.62. The SMILES string of the molecule is CN(Cc1c[nH]c2ccccc12)CC1CCNCC1. The molecule has 0 aliphatic carbocycles. The van der Waals surface area contributed by atoms with Crippen molar-refractivity contribution in [2.45, 2.75) is 19.4 Å². The van der Waals surface area contributed by atoms with Gasteiger partial charge in [-0.3, -0.25) is 0 Å². The molecule has 0 spiro atoms. The summed E-state index contributed by atoms with van der Waals surface area (Å²) in [4.78, 5) is 5.82. The van der Waals surface area contributed by atoms with Crippen molar-refractivity contribution in [3.63, 3.8) is 0 Å². The topological polar surface area (TPSA) is 31.1 Å². The molecule has 0 amide bonds. The van der Waals surface area contributed by atoms with Crippen LogP contribution in [-0.4, -0.2) is 36.6 Å². The number of para-hydroxylation sites is 1. The van der Waals surface area contributed by atoms with Crippen molar-refractivity contribution in [3.05, 3.63) is 36.0 Å². The molecular weight excluding hydrogens is 234 g/mol. The zero-order valence-electron chi connectivity index (χ0n) is 11.7. The number of nitrogens with one attached hydrogen (secondary N) is 2. The summed E-state index contributed by atoms with van der Waals surface area (Å²) >= 11 is 0. The second-order valence-electron chi connectivity index (χ2n) is 5.75. The lowest BCUT2D eigenvalue weighted by Crippen LogP contribution is -2.34. The normalized spacial score (nSPS) is 17.4. The molecule has 0 bridgehead atoms. The van der Waals surface area contributed by atoms with Gasteiger partial charge in [-0.1, -0.05) is 18.2 Å². The standard InChI is InChI=1S/C16H23N3/c1-19(11-13-6-8-17-9-7-13)12-14-10-18-16-5-3-2-4-15(14)16/h2-5,10,13,17-18H,6-9,11-12H2,1H3. The van der Waals surface area contributed by atoms with E-state index in [0.717, 1.165) is 12.5 Å². The van der Waals surface area contributed by atoms with E-state index in [1.807, 2.05) is 0 Å². The monoisotopic (exact) mass is 257 g/mol. The molecule has 0 radical (unpaired) electrons. The van der Waals surface area contributed by atoms with Gasteiger partial charge in [-0.15, -0.1) is 0 Å². The summed E-state index contributed by atoms with van der Waals surface area (Å²) in [5, 5.41) is 4.79. The zero-order valence-corrected chi connectivity index (χ0v) is 11.7. The van der Waals surface area contributed by atoms with E-state index < -0.39 is 0 Å². The number of aromatic amines is 1. The third kappa shape index (κ3) is 2.99. The number of hydrogen-bond donors (Lipinski definition) is 2. The fourth-order valence-electron chi connectivity index (χ4n) is 3.12. The number of hydrogen-bond acceptors (Lipinski definition) is 2. The largest absolute Gasteiger partial charge is 0.361 e. The quantitative estimate of drug-likeness (QED) is 0.882. The molecule has 1 aromatic carbocycles. The zero-order chi connectivity index (χ0) is 13.1. The molecule has 102 valence electrons. The van der Waals surface area contributed by atoms with Gasteiger partial charge in [0.25, 0.3) is 0 Å². The van der Waals surface area contributed by atoms with Crippen molar-refractivity contribution < 1.29 is 0 Å². The Balaban J connectivity index is 1.63. The van der Waals surface area contributed by atoms with Crippen LogP contribution in [0.5, 0.6) is 0 Å². The maximum Gasteiger partial charge on any atom is 0.0457 e. The van der Waals surface area contributed by atoms with Gasteiger partial charge in [0.2, 0.25) is 0 Å². The molecule has 2 aromatic rings. The minimum atomic E-state index is 0.858. The highest BCUT2D eigenvalue weighted by atomic mass is 15.1. The van der Waals surface area contributed by atoms with E-state index in [-0.39, 0.29) is 0 Å². The van der Waals surface area contributed by atoms with Crippen LogP contribution in [0.2, 0.25) is 0 Å². The van der Waals surface area contributed by atoms with Crippen molar-refractivity contribution in [1.82, 2.24) is 15.2 Å². The van der Waals surface area contributed by atoms with Gasteiger partial charge in [0, 0.05) is 30.2 Å². The van der Waals surface area contributed by atoms with Gasteiger partial charge in [-0.05, 0) is 50.5 Å². The Morgan fingerprint density at radius 2 is 2.00 bits per heavy atom. The van der Waals surface area contributed by atoms with Gasteiger partial charge in [-0.2, -0.15) is 0 Å². The molecule has 1 aliphatic rings. The first-order chi connectivity index (χ1) is 9.33. The maximum absolute atomic E-state index is 3.43. The molecule has 1 saturated heterocycles. The number of H-pyrrole nitrogens is 1. The molecule has 2 heterocycles. The molecule has 1 fully saturated rings. The second-order valence-corrected chi connectivity index (χ2v) is 5.75. The molecule has 0 unspecified atom stereocenters. The summed E-state index contributed by atoms with van der Waals surface area (Å²) in [6.07, 6.45) is 4.79. The highest BCUT2D eigenvalue weighted by molar-refractivity contribution is 5.82. The Hall–Kier alpha value is -1.32. The van der Waals surface area contributed by atoms with Gasteiger partial charge >= 0.3 is 0 Å². The van der Waals surface area contributed by atoms with E-state index in [1.165, 1.54) is 48.9 Å². The van der Waals surface area contributed by atoms with Crippen LogP contribution in [0, 0.1) is 5.92 Å². The van der Waals surface area contributed by atoms with E-state index in [1.54, 1.807) is 0 Å². The number of piperidine rings is 1. The fraction of sp³-hybridized carbons (Fsp3) is 0.500. The van der Waals surface area contributed by atoms with Gasteiger partial charge in [-0.25, -0.2) is 0 Å². The first-order valence-electron chi connectivity index (χ1n) is 7.27. The van der Waals surface area contributed by atoms with Crippen molar-refractivity contribution in [2.24, 2.45) is 5.92 Å². The lowest BCUT2D eigenvalue weighted by Gasteiger charge is -2.27. The molecule has 3 nitrogen and oxygen atoms in total. The highest BCUT2D eigenvalue weighted by Crippen LogP contribution is 2.20. The molecule has 3 rings (SSSR count). The van der Waals surface area contributed by atoms with Crippen LogP contribution >= 0.6 is 0 Å². The van der Waals surface area contributed by atoms with Gasteiger partial charge in [0.1, 0.15) is 0 Å². The number of rotatable bonds is 4. The van der Waals surface area contributed by atoms with Crippen LogP contribution in [0.1, 0.15) is 18.4 Å². The smallest absolute Gasteiger partial charge is 0.0457 e. The minimum absolute atomic E-state index is 0.858. The molecule has 1 aromatic heterocycles. The summed E-state index contributed by atoms with van der Waals surface area (Å²) in [5.41, 5.74) is 2.65. The molecular formula is C16H23N3. The number of fused-ring (bicyclic) bond motifs is 1. The lowest BCUT2D eigenvalue weighted by atomic mass is 9.97. The van der Waals surface area contributed by atoms with E-state index in [4.69, 9.17) is 0 Å². The van der Waals surface area contributed by atoms with E-state index in [0.29, 0.717) is 0 Å². The maximum atomic E-state index is 3.43. The van der Waals surface area contributed by atoms with Crippen LogP contribution in [0.4, 0.5) is 0 Å². The summed E-state index contributed by atoms with van der Waals surface area (Å²) in [7, 11) is 2.24. The number of nitrogens with zero attached hydrogens (tertiary/aromatic N) is 1. The first kappa shape index (κ1) is 12.7. The molecule has 2 N–H and O–H groups in total. The highest BCUT2D eigenvalue weighted by Gasteiger charge is 2.15. The molecule has 0 atom stereocenters. The van der Waals surface area contributed by atoms with Crippen LogP contribution in [0.15, 0.2) is 30.5 Å². The average Bonchev–Trinajstić information content (AvgIpc) is 2.83. The number of benzene rings is 1. The summed E-state index contributed by atoms with van der Waals surface area (Å²) < 4.78 is 0. The van der Waals surface area contributed by atoms with Gasteiger partial charge in [0.05, 0.1) is 0 Å². The second kappa shape index (κ2) is 5.76. The van der Waals surface area contributed by atoms with Crippen LogP contribution in [0.3, 0.4) is 0 Å². The number of aromatic nitrogens is 1. The minimum Gasteiger partial charge on any atom is -0.361 e. The van der Waals surface area contributed by atoms with E-state index in [2.05, 4.69) is 52.7 Å². The van der Waals surface area contributed by atoms with Crippen LogP contribution in [-0.2, 0) is 6.54 Å². The Bertz CT molecular complexity index is 526. The van der Waals surface area contributed by atoms with Crippen molar-refractivity contribution >= 4 is 10.9 Å². The Morgan fingerprint density at radius 3 is 2.84 bits per heavy atom. The van der Waals surface area contributed by atoms with Crippen molar-refractivity contribution in [2.75, 3.05) is 26.7 Å². The summed E-state index contributed by atoms with van der Waals surface area (Å²) in [5.74, 6) is 0.858. The Kier molecular flexibility index (Phi) is 3.85. The van der Waals surface area contributed by atoms with E-state index in [9.17, 15) is 0 Å². The Morgan fingerprint density at radius 1 is 1.21 bits per heavy atom. The van der Waals surface area contributed by atoms with Gasteiger partial charge in [0.15, 0.2) is 0 Å². The third-order valence-corrected chi connectivity index (χ3v) is 4.14. The van der Waals surface area contributed by atoms with Crippen LogP contribution < -0.4 is 5.32 Å². The van der Waals surface area contributed by atoms with Crippen molar-refractivity contribution in [1.29, 1.82) is 0 Å². The Labute approximate surface area is 115 Å². The fourth-order valence-corrected chi connectivity index (χ4v) is 3.12. The van der Waals surface area contributed by atoms with Crippen LogP contribution in [0.25, 0.3) is 10.9 Å². The molecule has 19 heavy (non-hydrogen) atoms.